The third-order valence-corrected chi connectivity index (χ3v) is 3.71. The van der Waals surface area contributed by atoms with Crippen LogP contribution in [0.2, 0.25) is 0 Å². The molecule has 108 valence electrons. The van der Waals surface area contributed by atoms with Gasteiger partial charge < -0.3 is 9.47 Å². The molecule has 0 bridgehead atoms. The molecule has 0 amide bonds. The summed E-state index contributed by atoms with van der Waals surface area (Å²) in [5.74, 6) is 1.09. The first-order valence-corrected chi connectivity index (χ1v) is 7.62. The van der Waals surface area contributed by atoms with Crippen molar-refractivity contribution in [3.63, 3.8) is 0 Å². The van der Waals surface area contributed by atoms with Crippen LogP contribution in [0.4, 0.5) is 0 Å². The lowest BCUT2D eigenvalue weighted by molar-refractivity contribution is 0.193. The van der Waals surface area contributed by atoms with E-state index in [1.54, 1.807) is 27.0 Å². The Morgan fingerprint density at radius 3 is 2.42 bits per heavy atom. The molecule has 19 heavy (non-hydrogen) atoms. The fourth-order valence-electron chi connectivity index (χ4n) is 1.75. The second-order valence-electron chi connectivity index (χ2n) is 5.41. The Hall–Kier alpha value is -1.27. The number of hydrogen-bond donors (Lipinski definition) is 1. The van der Waals surface area contributed by atoms with Gasteiger partial charge in [-0.2, -0.15) is 0 Å². The van der Waals surface area contributed by atoms with Gasteiger partial charge >= 0.3 is 0 Å². The summed E-state index contributed by atoms with van der Waals surface area (Å²) in [6.45, 7) is 5.77. The second kappa shape index (κ2) is 5.79. The van der Waals surface area contributed by atoms with Gasteiger partial charge in [-0.25, -0.2) is 13.6 Å². The lowest BCUT2D eigenvalue weighted by Gasteiger charge is -2.24. The van der Waals surface area contributed by atoms with Crippen molar-refractivity contribution < 1.29 is 17.9 Å². The molecule has 0 saturated heterocycles. The van der Waals surface area contributed by atoms with Crippen LogP contribution in [0.3, 0.4) is 0 Å². The molecule has 0 radical (unpaired) electrons. The third kappa shape index (κ3) is 5.48. The van der Waals surface area contributed by atoms with Crippen LogP contribution in [0.1, 0.15) is 19.4 Å². The number of sulfonamides is 1. The Balaban J connectivity index is 2.76. The summed E-state index contributed by atoms with van der Waals surface area (Å²) in [5, 5.41) is 5.06. The monoisotopic (exact) mass is 287 g/mol. The van der Waals surface area contributed by atoms with Gasteiger partial charge in [0.1, 0.15) is 0 Å². The van der Waals surface area contributed by atoms with E-state index in [1.165, 1.54) is 0 Å². The molecule has 1 aromatic carbocycles. The maximum Gasteiger partial charge on any atom is 0.209 e. The summed E-state index contributed by atoms with van der Waals surface area (Å²) in [4.78, 5) is 0. The highest BCUT2D eigenvalue weighted by molar-refractivity contribution is 7.89. The maximum atomic E-state index is 11.1. The minimum Gasteiger partial charge on any atom is -0.493 e. The molecule has 0 atom stereocenters. The van der Waals surface area contributed by atoms with Crippen LogP contribution in [0.15, 0.2) is 18.2 Å². The molecule has 0 heterocycles. The molecule has 5 nitrogen and oxygen atoms in total. The van der Waals surface area contributed by atoms with Crippen molar-refractivity contribution in [2.75, 3.05) is 19.5 Å². The Morgan fingerprint density at radius 2 is 1.89 bits per heavy atom. The SMILES string of the molecule is COc1cc(C)ccc1OCC(C)(C)CS(N)(=O)=O. The molecule has 0 fully saturated rings. The van der Waals surface area contributed by atoms with E-state index in [2.05, 4.69) is 0 Å². The van der Waals surface area contributed by atoms with Crippen LogP contribution in [0.5, 0.6) is 11.5 Å². The van der Waals surface area contributed by atoms with Crippen molar-refractivity contribution in [3.05, 3.63) is 23.8 Å². The highest BCUT2D eigenvalue weighted by Gasteiger charge is 2.25. The van der Waals surface area contributed by atoms with Crippen LogP contribution in [-0.2, 0) is 10.0 Å². The number of benzene rings is 1. The van der Waals surface area contributed by atoms with Gasteiger partial charge in [-0.3, -0.25) is 0 Å². The number of aryl methyl sites for hydroxylation is 1. The minimum atomic E-state index is -3.52. The number of hydrogen-bond acceptors (Lipinski definition) is 4. The Kier molecular flexibility index (Phi) is 4.81. The first kappa shape index (κ1) is 15.8. The van der Waals surface area contributed by atoms with E-state index in [1.807, 2.05) is 19.1 Å². The summed E-state index contributed by atoms with van der Waals surface area (Å²) in [6, 6.07) is 5.58. The van der Waals surface area contributed by atoms with Crippen molar-refractivity contribution in [1.29, 1.82) is 0 Å². The van der Waals surface area contributed by atoms with E-state index in [9.17, 15) is 8.42 Å². The summed E-state index contributed by atoms with van der Waals surface area (Å²) in [7, 11) is -1.95. The van der Waals surface area contributed by atoms with Gasteiger partial charge in [0, 0.05) is 5.41 Å². The van der Waals surface area contributed by atoms with Crippen LogP contribution in [0, 0.1) is 12.3 Å². The lowest BCUT2D eigenvalue weighted by Crippen LogP contribution is -2.33. The van der Waals surface area contributed by atoms with Gasteiger partial charge in [0.2, 0.25) is 10.0 Å². The molecule has 0 aliphatic carbocycles. The molecule has 0 unspecified atom stereocenters. The van der Waals surface area contributed by atoms with E-state index in [0.29, 0.717) is 11.5 Å². The van der Waals surface area contributed by atoms with Crippen LogP contribution >= 0.6 is 0 Å². The molecule has 0 saturated carbocycles. The third-order valence-electron chi connectivity index (χ3n) is 2.53. The zero-order valence-electron chi connectivity index (χ0n) is 11.8. The maximum absolute atomic E-state index is 11.1. The molecule has 1 rings (SSSR count). The summed E-state index contributed by atoms with van der Waals surface area (Å²) < 4.78 is 33.1. The highest BCUT2D eigenvalue weighted by Crippen LogP contribution is 2.29. The first-order valence-electron chi connectivity index (χ1n) is 5.91. The zero-order valence-corrected chi connectivity index (χ0v) is 12.6. The van der Waals surface area contributed by atoms with Gasteiger partial charge in [-0.05, 0) is 24.6 Å². The van der Waals surface area contributed by atoms with Crippen LogP contribution in [0.25, 0.3) is 0 Å². The lowest BCUT2D eigenvalue weighted by atomic mass is 9.98. The molecule has 0 aromatic heterocycles. The topological polar surface area (TPSA) is 78.6 Å². The quantitative estimate of drug-likeness (QED) is 0.863. The molecule has 0 aliphatic heterocycles. The molecular weight excluding hydrogens is 266 g/mol. The van der Waals surface area contributed by atoms with Crippen molar-refractivity contribution in [3.8, 4) is 11.5 Å². The van der Waals surface area contributed by atoms with E-state index < -0.39 is 15.4 Å². The molecule has 6 heteroatoms. The smallest absolute Gasteiger partial charge is 0.209 e. The number of rotatable bonds is 6. The Bertz CT molecular complexity index is 538. The summed E-state index contributed by atoms with van der Waals surface area (Å²) in [6.07, 6.45) is 0. The van der Waals surface area contributed by atoms with Crippen molar-refractivity contribution >= 4 is 10.0 Å². The van der Waals surface area contributed by atoms with Gasteiger partial charge in [0.15, 0.2) is 11.5 Å². The van der Waals surface area contributed by atoms with Gasteiger partial charge in [0.05, 0.1) is 19.5 Å². The zero-order chi connectivity index (χ0) is 14.7. The van der Waals surface area contributed by atoms with Gasteiger partial charge in [-0.1, -0.05) is 19.9 Å². The highest BCUT2D eigenvalue weighted by atomic mass is 32.2. The fraction of sp³-hybridized carbons (Fsp3) is 0.538. The molecule has 1 aromatic rings. The number of ether oxygens (including phenoxy) is 2. The number of primary sulfonamides is 1. The van der Waals surface area contributed by atoms with Gasteiger partial charge in [-0.15, -0.1) is 0 Å². The summed E-state index contributed by atoms with van der Waals surface area (Å²) in [5.41, 5.74) is 0.497. The second-order valence-corrected chi connectivity index (χ2v) is 7.03. The number of methoxy groups -OCH3 is 1. The van der Waals surface area contributed by atoms with E-state index in [0.717, 1.165) is 5.56 Å². The predicted molar refractivity (Wildman–Crippen MR) is 75.0 cm³/mol. The fourth-order valence-corrected chi connectivity index (χ4v) is 2.93. The average molecular weight is 287 g/mol. The summed E-state index contributed by atoms with van der Waals surface area (Å²) >= 11 is 0. The molecule has 0 spiro atoms. The predicted octanol–water partition coefficient (Wildman–Crippen LogP) is 1.70. The van der Waals surface area contributed by atoms with E-state index in [4.69, 9.17) is 14.6 Å². The molecular formula is C13H21NO4S. The van der Waals surface area contributed by atoms with Gasteiger partial charge in [0.25, 0.3) is 0 Å². The Morgan fingerprint density at radius 1 is 1.26 bits per heavy atom. The normalized spacial score (nSPS) is 12.3. The minimum absolute atomic E-state index is 0.131. The molecule has 0 aliphatic rings. The number of nitrogens with two attached hydrogens (primary N) is 1. The first-order chi connectivity index (χ1) is 8.63. The van der Waals surface area contributed by atoms with Crippen molar-refractivity contribution in [1.82, 2.24) is 0 Å². The molecule has 2 N–H and O–H groups in total. The largest absolute Gasteiger partial charge is 0.493 e. The van der Waals surface area contributed by atoms with E-state index >= 15 is 0 Å². The van der Waals surface area contributed by atoms with Crippen molar-refractivity contribution in [2.24, 2.45) is 10.6 Å². The van der Waals surface area contributed by atoms with Crippen LogP contribution in [-0.4, -0.2) is 27.9 Å². The average Bonchev–Trinajstić information content (AvgIpc) is 2.24. The van der Waals surface area contributed by atoms with Crippen molar-refractivity contribution in [2.45, 2.75) is 20.8 Å². The Labute approximate surface area is 114 Å². The standard InChI is InChI=1S/C13H21NO4S/c1-10-5-6-11(12(7-10)17-4)18-8-13(2,3)9-19(14,15)16/h5-7H,8-9H2,1-4H3,(H2,14,15,16). The van der Waals surface area contributed by atoms with E-state index in [-0.39, 0.29) is 12.4 Å². The van der Waals surface area contributed by atoms with Crippen LogP contribution < -0.4 is 14.6 Å².